The second-order valence-corrected chi connectivity index (χ2v) is 4.85. The van der Waals surface area contributed by atoms with Crippen molar-refractivity contribution in [2.45, 2.75) is 20.3 Å². The second-order valence-electron chi connectivity index (χ2n) is 4.85. The van der Waals surface area contributed by atoms with Crippen LogP contribution in [0.25, 0.3) is 0 Å². The molecule has 4 heteroatoms. The summed E-state index contributed by atoms with van der Waals surface area (Å²) >= 11 is 0. The van der Waals surface area contributed by atoms with Crippen LogP contribution in [-0.4, -0.2) is 12.0 Å². The molecular weight excluding hydrogens is 254 g/mol. The van der Waals surface area contributed by atoms with Crippen LogP contribution in [0.15, 0.2) is 36.4 Å². The fourth-order valence-electron chi connectivity index (χ4n) is 2.25. The van der Waals surface area contributed by atoms with Gasteiger partial charge in [0.15, 0.2) is 0 Å². The van der Waals surface area contributed by atoms with Gasteiger partial charge >= 0.3 is 0 Å². The van der Waals surface area contributed by atoms with Gasteiger partial charge in [-0.15, -0.1) is 0 Å². The third-order valence-electron chi connectivity index (χ3n) is 3.38. The number of methoxy groups -OCH3 is 1. The third kappa shape index (κ3) is 2.96. The molecule has 0 saturated heterocycles. The smallest absolute Gasteiger partial charge is 0.272 e. The minimum Gasteiger partial charge on any atom is -0.497 e. The monoisotopic (exact) mass is 271 g/mol. The quantitative estimate of drug-likeness (QED) is 0.627. The summed E-state index contributed by atoms with van der Waals surface area (Å²) in [7, 11) is 1.64. The summed E-state index contributed by atoms with van der Waals surface area (Å²) in [6.07, 6.45) is 0.738. The molecule has 0 aromatic heterocycles. The molecule has 20 heavy (non-hydrogen) atoms. The van der Waals surface area contributed by atoms with E-state index in [9.17, 15) is 10.1 Å². The highest BCUT2D eigenvalue weighted by molar-refractivity contribution is 5.47. The largest absolute Gasteiger partial charge is 0.497 e. The third-order valence-corrected chi connectivity index (χ3v) is 3.38. The number of hydrogen-bond acceptors (Lipinski definition) is 3. The summed E-state index contributed by atoms with van der Waals surface area (Å²) in [5.74, 6) is 0.818. The standard InChI is InChI=1S/C16H17NO3/c1-11-8-16(17(18)19)12(2)7-14(11)9-13-5-4-6-15(10-13)20-3/h4-8,10H,9H2,1-3H3. The number of nitro benzene ring substituents is 1. The van der Waals surface area contributed by atoms with E-state index in [-0.39, 0.29) is 10.6 Å². The van der Waals surface area contributed by atoms with Gasteiger partial charge in [-0.3, -0.25) is 10.1 Å². The maximum atomic E-state index is 10.9. The van der Waals surface area contributed by atoms with Crippen molar-refractivity contribution in [1.82, 2.24) is 0 Å². The Labute approximate surface area is 118 Å². The van der Waals surface area contributed by atoms with Crippen LogP contribution in [0.3, 0.4) is 0 Å². The Bertz CT molecular complexity index is 650. The Morgan fingerprint density at radius 3 is 2.55 bits per heavy atom. The topological polar surface area (TPSA) is 52.4 Å². The van der Waals surface area contributed by atoms with Gasteiger partial charge in [0.1, 0.15) is 5.75 Å². The average Bonchev–Trinajstić information content (AvgIpc) is 2.42. The van der Waals surface area contributed by atoms with Crippen molar-refractivity contribution in [2.24, 2.45) is 0 Å². The van der Waals surface area contributed by atoms with Gasteiger partial charge in [0.25, 0.3) is 5.69 Å². The molecule has 0 saturated carbocycles. The molecule has 0 aliphatic carbocycles. The summed E-state index contributed by atoms with van der Waals surface area (Å²) in [5, 5.41) is 10.9. The van der Waals surface area contributed by atoms with Crippen LogP contribution in [0.4, 0.5) is 5.69 Å². The van der Waals surface area contributed by atoms with Gasteiger partial charge < -0.3 is 4.74 Å². The van der Waals surface area contributed by atoms with Crippen LogP contribution in [0.2, 0.25) is 0 Å². The van der Waals surface area contributed by atoms with Crippen LogP contribution in [0.5, 0.6) is 5.75 Å². The van der Waals surface area contributed by atoms with Crippen molar-refractivity contribution in [2.75, 3.05) is 7.11 Å². The summed E-state index contributed by atoms with van der Waals surface area (Å²) in [6, 6.07) is 11.4. The van der Waals surface area contributed by atoms with Gasteiger partial charge in [-0.05, 0) is 55.2 Å². The number of rotatable bonds is 4. The van der Waals surface area contributed by atoms with E-state index in [1.807, 2.05) is 37.3 Å². The molecule has 0 aliphatic rings. The van der Waals surface area contributed by atoms with E-state index in [2.05, 4.69) is 0 Å². The van der Waals surface area contributed by atoms with Crippen molar-refractivity contribution in [3.63, 3.8) is 0 Å². The first-order valence-electron chi connectivity index (χ1n) is 6.38. The first kappa shape index (κ1) is 14.1. The normalized spacial score (nSPS) is 10.3. The predicted molar refractivity (Wildman–Crippen MR) is 78.4 cm³/mol. The Morgan fingerprint density at radius 2 is 1.90 bits per heavy atom. The predicted octanol–water partition coefficient (Wildman–Crippen LogP) is 3.81. The Balaban J connectivity index is 2.34. The van der Waals surface area contributed by atoms with E-state index < -0.39 is 0 Å². The highest BCUT2D eigenvalue weighted by Gasteiger charge is 2.13. The molecule has 0 bridgehead atoms. The lowest BCUT2D eigenvalue weighted by Gasteiger charge is -2.09. The molecule has 0 unspecified atom stereocenters. The molecule has 0 fully saturated rings. The zero-order chi connectivity index (χ0) is 14.7. The van der Waals surface area contributed by atoms with Crippen LogP contribution in [0.1, 0.15) is 22.3 Å². The van der Waals surface area contributed by atoms with Crippen molar-refractivity contribution >= 4 is 5.69 Å². The summed E-state index contributed by atoms with van der Waals surface area (Å²) in [6.45, 7) is 3.68. The first-order valence-corrected chi connectivity index (χ1v) is 6.38. The highest BCUT2D eigenvalue weighted by Crippen LogP contribution is 2.25. The number of nitro groups is 1. The molecule has 2 aromatic rings. The van der Waals surface area contributed by atoms with Crippen LogP contribution >= 0.6 is 0 Å². The van der Waals surface area contributed by atoms with E-state index in [1.54, 1.807) is 20.1 Å². The zero-order valence-corrected chi connectivity index (χ0v) is 11.8. The van der Waals surface area contributed by atoms with Crippen LogP contribution in [-0.2, 0) is 6.42 Å². The molecule has 0 amide bonds. The number of aryl methyl sites for hydroxylation is 2. The van der Waals surface area contributed by atoms with Gasteiger partial charge in [-0.2, -0.15) is 0 Å². The molecule has 2 aromatic carbocycles. The Hall–Kier alpha value is -2.36. The number of ether oxygens (including phenoxy) is 1. The molecule has 0 radical (unpaired) electrons. The lowest BCUT2D eigenvalue weighted by molar-refractivity contribution is -0.385. The van der Waals surface area contributed by atoms with E-state index in [0.717, 1.165) is 28.9 Å². The van der Waals surface area contributed by atoms with Gasteiger partial charge in [-0.25, -0.2) is 0 Å². The van der Waals surface area contributed by atoms with E-state index >= 15 is 0 Å². The van der Waals surface area contributed by atoms with E-state index in [1.165, 1.54) is 0 Å². The number of nitrogens with zero attached hydrogens (tertiary/aromatic N) is 1. The van der Waals surface area contributed by atoms with Gasteiger partial charge in [0.2, 0.25) is 0 Å². The first-order chi connectivity index (χ1) is 9.51. The van der Waals surface area contributed by atoms with E-state index in [0.29, 0.717) is 5.56 Å². The number of benzene rings is 2. The summed E-state index contributed by atoms with van der Waals surface area (Å²) < 4.78 is 5.21. The maximum absolute atomic E-state index is 10.9. The molecule has 0 spiro atoms. The van der Waals surface area contributed by atoms with Crippen LogP contribution < -0.4 is 4.74 Å². The summed E-state index contributed by atoms with van der Waals surface area (Å²) in [4.78, 5) is 10.6. The molecule has 104 valence electrons. The molecule has 4 nitrogen and oxygen atoms in total. The molecule has 2 rings (SSSR count). The van der Waals surface area contributed by atoms with Gasteiger partial charge in [-0.1, -0.05) is 12.1 Å². The fourth-order valence-corrected chi connectivity index (χ4v) is 2.25. The van der Waals surface area contributed by atoms with Gasteiger partial charge in [0, 0.05) is 11.6 Å². The zero-order valence-electron chi connectivity index (χ0n) is 11.8. The van der Waals surface area contributed by atoms with Crippen molar-refractivity contribution < 1.29 is 9.66 Å². The van der Waals surface area contributed by atoms with Crippen molar-refractivity contribution in [3.05, 3.63) is 68.8 Å². The SMILES string of the molecule is COc1cccc(Cc2cc(C)c([N+](=O)[O-])cc2C)c1. The van der Waals surface area contributed by atoms with Gasteiger partial charge in [0.05, 0.1) is 12.0 Å². The lowest BCUT2D eigenvalue weighted by atomic mass is 9.97. The highest BCUT2D eigenvalue weighted by atomic mass is 16.6. The van der Waals surface area contributed by atoms with Crippen molar-refractivity contribution in [3.8, 4) is 5.75 Å². The molecule has 0 N–H and O–H groups in total. The average molecular weight is 271 g/mol. The Morgan fingerprint density at radius 1 is 1.15 bits per heavy atom. The Kier molecular flexibility index (Phi) is 4.03. The van der Waals surface area contributed by atoms with Crippen LogP contribution in [0, 0.1) is 24.0 Å². The molecule has 0 aliphatic heterocycles. The lowest BCUT2D eigenvalue weighted by Crippen LogP contribution is -1.98. The van der Waals surface area contributed by atoms with E-state index in [4.69, 9.17) is 4.74 Å². The fraction of sp³-hybridized carbons (Fsp3) is 0.250. The summed E-state index contributed by atoms with van der Waals surface area (Å²) in [5.41, 5.74) is 4.03. The molecular formula is C16H17NO3. The molecule has 0 heterocycles. The second kappa shape index (κ2) is 5.74. The minimum atomic E-state index is -0.336. The minimum absolute atomic E-state index is 0.178. The van der Waals surface area contributed by atoms with Crippen molar-refractivity contribution in [1.29, 1.82) is 0 Å². The number of hydrogen-bond donors (Lipinski definition) is 0. The maximum Gasteiger partial charge on any atom is 0.272 e. The molecule has 0 atom stereocenters.